The molecule has 0 spiro atoms. The number of aromatic nitrogens is 2. The Kier molecular flexibility index (Phi) is 2.57. The molecule has 4 nitrogen and oxygen atoms in total. The van der Waals surface area contributed by atoms with Crippen LogP contribution in [0.3, 0.4) is 0 Å². The second-order valence-electron chi connectivity index (χ2n) is 3.23. The first-order valence-electron chi connectivity index (χ1n) is 4.36. The second kappa shape index (κ2) is 3.69. The number of aliphatic hydroxyl groups is 1. The third kappa shape index (κ3) is 1.72. The summed E-state index contributed by atoms with van der Waals surface area (Å²) in [4.78, 5) is 1.11. The molecule has 2 atom stereocenters. The molecule has 1 saturated heterocycles. The summed E-state index contributed by atoms with van der Waals surface area (Å²) >= 11 is 1.39. The Bertz CT molecular complexity index is 289. The molecule has 0 saturated carbocycles. The highest BCUT2D eigenvalue weighted by atomic mass is 32.1. The maximum absolute atomic E-state index is 8.90. The van der Waals surface area contributed by atoms with E-state index in [-0.39, 0.29) is 18.8 Å². The molecule has 5 heteroatoms. The van der Waals surface area contributed by atoms with Crippen molar-refractivity contribution < 1.29 is 9.84 Å². The molecule has 2 rings (SSSR count). The third-order valence-electron chi connectivity index (χ3n) is 2.29. The van der Waals surface area contributed by atoms with E-state index in [1.54, 1.807) is 0 Å². The van der Waals surface area contributed by atoms with E-state index in [0.717, 1.165) is 23.4 Å². The first-order valence-corrected chi connectivity index (χ1v) is 5.13. The fraction of sp³-hybridized carbons (Fsp3) is 0.750. The van der Waals surface area contributed by atoms with Crippen LogP contribution >= 0.6 is 11.5 Å². The van der Waals surface area contributed by atoms with Gasteiger partial charge >= 0.3 is 0 Å². The van der Waals surface area contributed by atoms with Gasteiger partial charge in [0.25, 0.3) is 0 Å². The van der Waals surface area contributed by atoms with Crippen molar-refractivity contribution in [2.45, 2.75) is 32.0 Å². The van der Waals surface area contributed by atoms with E-state index in [2.05, 4.69) is 9.59 Å². The van der Waals surface area contributed by atoms with Gasteiger partial charge in [-0.2, -0.15) is 0 Å². The number of aryl methyl sites for hydroxylation is 1. The fourth-order valence-corrected chi connectivity index (χ4v) is 2.28. The van der Waals surface area contributed by atoms with Gasteiger partial charge in [-0.05, 0) is 31.3 Å². The molecule has 0 amide bonds. The van der Waals surface area contributed by atoms with Gasteiger partial charge in [-0.1, -0.05) is 4.49 Å². The molecule has 0 aliphatic carbocycles. The zero-order valence-electron chi connectivity index (χ0n) is 7.43. The van der Waals surface area contributed by atoms with Crippen molar-refractivity contribution in [2.24, 2.45) is 0 Å². The van der Waals surface area contributed by atoms with Crippen LogP contribution in [0.25, 0.3) is 0 Å². The lowest BCUT2D eigenvalue weighted by Crippen LogP contribution is -2.10. The largest absolute Gasteiger partial charge is 0.394 e. The van der Waals surface area contributed by atoms with Crippen molar-refractivity contribution in [3.05, 3.63) is 10.6 Å². The Balaban J connectivity index is 2.08. The normalized spacial score (nSPS) is 28.2. The summed E-state index contributed by atoms with van der Waals surface area (Å²) in [6.07, 6.45) is 2.01. The first kappa shape index (κ1) is 9.05. The van der Waals surface area contributed by atoms with Gasteiger partial charge in [0, 0.05) is 0 Å². The van der Waals surface area contributed by atoms with E-state index in [9.17, 15) is 0 Å². The molecule has 2 unspecified atom stereocenters. The lowest BCUT2D eigenvalue weighted by atomic mass is 10.1. The quantitative estimate of drug-likeness (QED) is 0.775. The SMILES string of the molecule is Cc1nnsc1C1CCC(CO)O1. The van der Waals surface area contributed by atoms with Gasteiger partial charge in [0.15, 0.2) is 0 Å². The smallest absolute Gasteiger partial charge is 0.0957 e. The summed E-state index contributed by atoms with van der Waals surface area (Å²) < 4.78 is 9.48. The van der Waals surface area contributed by atoms with Gasteiger partial charge in [-0.25, -0.2) is 0 Å². The van der Waals surface area contributed by atoms with Gasteiger partial charge in [-0.3, -0.25) is 0 Å². The van der Waals surface area contributed by atoms with Gasteiger partial charge < -0.3 is 9.84 Å². The van der Waals surface area contributed by atoms with Crippen LogP contribution in [0, 0.1) is 6.92 Å². The minimum Gasteiger partial charge on any atom is -0.394 e. The van der Waals surface area contributed by atoms with Crippen molar-refractivity contribution >= 4 is 11.5 Å². The number of hydrogen-bond donors (Lipinski definition) is 1. The number of aliphatic hydroxyl groups excluding tert-OH is 1. The van der Waals surface area contributed by atoms with E-state index in [1.165, 1.54) is 11.5 Å². The zero-order chi connectivity index (χ0) is 9.26. The first-order chi connectivity index (χ1) is 6.31. The number of nitrogens with zero attached hydrogens (tertiary/aromatic N) is 2. The molecule has 1 aliphatic rings. The Morgan fingerprint density at radius 1 is 1.62 bits per heavy atom. The molecule has 1 N–H and O–H groups in total. The van der Waals surface area contributed by atoms with E-state index >= 15 is 0 Å². The molecule has 0 bridgehead atoms. The van der Waals surface area contributed by atoms with Gasteiger partial charge in [0.05, 0.1) is 29.4 Å². The highest BCUT2D eigenvalue weighted by molar-refractivity contribution is 7.05. The molecule has 72 valence electrons. The van der Waals surface area contributed by atoms with Crippen molar-refractivity contribution in [1.29, 1.82) is 0 Å². The van der Waals surface area contributed by atoms with Crippen LogP contribution in [0.1, 0.15) is 29.5 Å². The van der Waals surface area contributed by atoms with Crippen LogP contribution < -0.4 is 0 Å². The second-order valence-corrected chi connectivity index (χ2v) is 4.01. The number of ether oxygens (including phenoxy) is 1. The maximum Gasteiger partial charge on any atom is 0.0957 e. The highest BCUT2D eigenvalue weighted by Gasteiger charge is 2.28. The molecular weight excluding hydrogens is 188 g/mol. The van der Waals surface area contributed by atoms with E-state index in [1.807, 2.05) is 6.92 Å². The highest BCUT2D eigenvalue weighted by Crippen LogP contribution is 2.35. The van der Waals surface area contributed by atoms with E-state index in [0.29, 0.717) is 0 Å². The molecular formula is C8H12N2O2S. The Morgan fingerprint density at radius 2 is 2.46 bits per heavy atom. The molecule has 0 radical (unpaired) electrons. The predicted octanol–water partition coefficient (Wildman–Crippen LogP) is 1.06. The summed E-state index contributed by atoms with van der Waals surface area (Å²) in [5.41, 5.74) is 0.952. The number of hydrogen-bond acceptors (Lipinski definition) is 5. The van der Waals surface area contributed by atoms with Gasteiger partial charge in [0.2, 0.25) is 0 Å². The molecule has 0 aromatic carbocycles. The van der Waals surface area contributed by atoms with Crippen LogP contribution in [-0.2, 0) is 4.74 Å². The average molecular weight is 200 g/mol. The Labute approximate surface area is 80.7 Å². The summed E-state index contributed by atoms with van der Waals surface area (Å²) in [6.45, 7) is 2.05. The van der Waals surface area contributed by atoms with Crippen LogP contribution in [0.5, 0.6) is 0 Å². The topological polar surface area (TPSA) is 55.2 Å². The number of rotatable bonds is 2. The summed E-state index contributed by atoms with van der Waals surface area (Å²) in [5.74, 6) is 0. The lowest BCUT2D eigenvalue weighted by molar-refractivity contribution is 0.0121. The minimum absolute atomic E-state index is 0.00602. The van der Waals surface area contributed by atoms with E-state index < -0.39 is 0 Å². The third-order valence-corrected chi connectivity index (χ3v) is 3.21. The molecule has 1 aromatic heterocycles. The molecule has 2 heterocycles. The molecule has 13 heavy (non-hydrogen) atoms. The van der Waals surface area contributed by atoms with Crippen molar-refractivity contribution in [2.75, 3.05) is 6.61 Å². The van der Waals surface area contributed by atoms with Crippen LogP contribution in [-0.4, -0.2) is 27.4 Å². The van der Waals surface area contributed by atoms with Crippen LogP contribution in [0.2, 0.25) is 0 Å². The fourth-order valence-electron chi connectivity index (χ4n) is 1.57. The lowest BCUT2D eigenvalue weighted by Gasteiger charge is -2.09. The maximum atomic E-state index is 8.90. The molecule has 1 fully saturated rings. The van der Waals surface area contributed by atoms with E-state index in [4.69, 9.17) is 9.84 Å². The van der Waals surface area contributed by atoms with Crippen LogP contribution in [0.4, 0.5) is 0 Å². The average Bonchev–Trinajstić information content (AvgIpc) is 2.71. The molecule has 1 aromatic rings. The van der Waals surface area contributed by atoms with Gasteiger partial charge in [-0.15, -0.1) is 5.10 Å². The molecule has 1 aliphatic heterocycles. The van der Waals surface area contributed by atoms with Crippen LogP contribution in [0.15, 0.2) is 0 Å². The summed E-state index contributed by atoms with van der Waals surface area (Å²) in [5, 5.41) is 12.8. The zero-order valence-corrected chi connectivity index (χ0v) is 8.25. The minimum atomic E-state index is 0.00602. The summed E-state index contributed by atoms with van der Waals surface area (Å²) in [6, 6.07) is 0. The monoisotopic (exact) mass is 200 g/mol. The van der Waals surface area contributed by atoms with Crippen molar-refractivity contribution in [1.82, 2.24) is 9.59 Å². The predicted molar refractivity (Wildman–Crippen MR) is 48.6 cm³/mol. The van der Waals surface area contributed by atoms with Crippen molar-refractivity contribution in [3.63, 3.8) is 0 Å². The van der Waals surface area contributed by atoms with Gasteiger partial charge in [0.1, 0.15) is 0 Å². The summed E-state index contributed by atoms with van der Waals surface area (Å²) in [7, 11) is 0. The Hall–Kier alpha value is -0.520. The van der Waals surface area contributed by atoms with Crippen molar-refractivity contribution in [3.8, 4) is 0 Å². The Morgan fingerprint density at radius 3 is 3.00 bits per heavy atom. The standard InChI is InChI=1S/C8H12N2O2S/c1-5-8(13-10-9-5)7-3-2-6(4-11)12-7/h6-7,11H,2-4H2,1H3.